The van der Waals surface area contributed by atoms with E-state index in [-0.39, 0.29) is 26.1 Å². The summed E-state index contributed by atoms with van der Waals surface area (Å²) in [6.07, 6.45) is 38.2. The zero-order chi connectivity index (χ0) is 41.4. The molecule has 0 heterocycles. The molecule has 3 atom stereocenters. The van der Waals surface area contributed by atoms with Gasteiger partial charge in [0.2, 0.25) is 0 Å². The predicted molar refractivity (Wildman–Crippen MR) is 225 cm³/mol. The van der Waals surface area contributed by atoms with Crippen molar-refractivity contribution in [3.63, 3.8) is 0 Å². The number of carbonyl (C=O) groups excluding carboxylic acids is 2. The molecule has 0 aromatic heterocycles. The Balaban J connectivity index is 4.39. The van der Waals surface area contributed by atoms with E-state index in [0.29, 0.717) is 19.3 Å². The van der Waals surface area contributed by atoms with Crippen LogP contribution in [0.1, 0.15) is 168 Å². The average Bonchev–Trinajstić information content (AvgIpc) is 3.17. The number of hydrogen-bond donors (Lipinski definition) is 4. The van der Waals surface area contributed by atoms with Gasteiger partial charge in [-0.3, -0.25) is 18.6 Å². The van der Waals surface area contributed by atoms with E-state index in [1.54, 1.807) is 0 Å². The lowest BCUT2D eigenvalue weighted by Crippen LogP contribution is -2.29. The molecule has 12 heteroatoms. The molecule has 0 spiro atoms. The molecule has 4 N–H and O–H groups in total. The number of phosphoric acid groups is 1. The maximum absolute atomic E-state index is 12.6. The van der Waals surface area contributed by atoms with E-state index in [1.165, 1.54) is 57.8 Å². The van der Waals surface area contributed by atoms with Crippen LogP contribution in [0.5, 0.6) is 0 Å². The van der Waals surface area contributed by atoms with Crippen molar-refractivity contribution in [2.24, 2.45) is 5.92 Å². The van der Waals surface area contributed by atoms with Gasteiger partial charge in [-0.15, -0.1) is 0 Å². The summed E-state index contributed by atoms with van der Waals surface area (Å²) in [5.41, 5.74) is 0. The van der Waals surface area contributed by atoms with E-state index in [4.69, 9.17) is 24.2 Å². The molecule has 0 saturated heterocycles. The predicted octanol–water partition coefficient (Wildman–Crippen LogP) is 10.2. The summed E-state index contributed by atoms with van der Waals surface area (Å²) in [7, 11) is -4.64. The largest absolute Gasteiger partial charge is 0.472 e. The highest BCUT2D eigenvalue weighted by Crippen LogP contribution is 2.43. The lowest BCUT2D eigenvalue weighted by molar-refractivity contribution is -0.161. The molecule has 0 aliphatic rings. The smallest absolute Gasteiger partial charge is 0.462 e. The van der Waals surface area contributed by atoms with E-state index in [2.05, 4.69) is 54.8 Å². The van der Waals surface area contributed by atoms with Gasteiger partial charge >= 0.3 is 19.8 Å². The Morgan fingerprint density at radius 1 is 0.571 bits per heavy atom. The molecule has 0 aliphatic heterocycles. The Labute approximate surface area is 339 Å². The fourth-order valence-electron chi connectivity index (χ4n) is 5.62. The molecule has 0 fully saturated rings. The van der Waals surface area contributed by atoms with Crippen molar-refractivity contribution < 1.29 is 52.9 Å². The highest BCUT2D eigenvalue weighted by molar-refractivity contribution is 7.47. The van der Waals surface area contributed by atoms with Gasteiger partial charge in [-0.1, -0.05) is 146 Å². The second-order valence-corrected chi connectivity index (χ2v) is 16.4. The highest BCUT2D eigenvalue weighted by atomic mass is 31.2. The van der Waals surface area contributed by atoms with Crippen molar-refractivity contribution in [1.82, 2.24) is 0 Å². The van der Waals surface area contributed by atoms with Crippen LogP contribution in [0.25, 0.3) is 0 Å². The fraction of sp³-hybridized carbons (Fsp3) is 0.773. The summed E-state index contributed by atoms with van der Waals surface area (Å²) in [4.78, 5) is 34.9. The second kappa shape index (κ2) is 39.7. The molecule has 11 nitrogen and oxygen atoms in total. The molecule has 0 rings (SSSR count). The summed E-state index contributed by atoms with van der Waals surface area (Å²) in [5, 5.41) is 27.1. The minimum atomic E-state index is -4.64. The first-order valence-electron chi connectivity index (χ1n) is 21.6. The Morgan fingerprint density at radius 3 is 1.57 bits per heavy atom. The summed E-state index contributed by atoms with van der Waals surface area (Å²) < 4.78 is 32.6. The fourth-order valence-corrected chi connectivity index (χ4v) is 6.41. The quantitative estimate of drug-likeness (QED) is 0.0201. The Kier molecular flexibility index (Phi) is 38.2. The molecule has 0 aromatic carbocycles. The summed E-state index contributed by atoms with van der Waals surface area (Å²) >= 11 is 0. The number of unbranched alkanes of at least 4 members (excludes halogenated alkanes) is 15. The SMILES string of the molecule is CC(C)CCCCCCCCCCCCCCC(=O)OC[C@H](COP(=O)(O)OC[C@@H](O)CO)OC(=O)CCC/C=C\C/C=C\C/C=C\C/C=C\CCCCCO. The van der Waals surface area contributed by atoms with Crippen molar-refractivity contribution in [3.05, 3.63) is 48.6 Å². The summed E-state index contributed by atoms with van der Waals surface area (Å²) in [5.74, 6) is -0.200. The van der Waals surface area contributed by atoms with Crippen LogP contribution in [0, 0.1) is 5.92 Å². The van der Waals surface area contributed by atoms with Crippen LogP contribution in [-0.2, 0) is 32.7 Å². The second-order valence-electron chi connectivity index (χ2n) is 14.9. The Bertz CT molecular complexity index is 1090. The normalized spacial score (nSPS) is 14.4. The van der Waals surface area contributed by atoms with Crippen molar-refractivity contribution >= 4 is 19.8 Å². The lowest BCUT2D eigenvalue weighted by atomic mass is 10.0. The van der Waals surface area contributed by atoms with Crippen LogP contribution in [0.15, 0.2) is 48.6 Å². The molecular formula is C44H79O11P. The van der Waals surface area contributed by atoms with E-state index >= 15 is 0 Å². The van der Waals surface area contributed by atoms with Crippen LogP contribution in [0.4, 0.5) is 0 Å². The Hall–Kier alpha value is -2.11. The minimum Gasteiger partial charge on any atom is -0.462 e. The summed E-state index contributed by atoms with van der Waals surface area (Å²) in [6.45, 7) is 2.64. The molecule has 56 heavy (non-hydrogen) atoms. The number of phosphoric ester groups is 1. The van der Waals surface area contributed by atoms with Gasteiger partial charge in [-0.2, -0.15) is 0 Å². The number of aliphatic hydroxyl groups is 3. The monoisotopic (exact) mass is 815 g/mol. The minimum absolute atomic E-state index is 0.0982. The van der Waals surface area contributed by atoms with Crippen LogP contribution in [-0.4, -0.2) is 77.4 Å². The zero-order valence-electron chi connectivity index (χ0n) is 35.0. The van der Waals surface area contributed by atoms with Crippen LogP contribution >= 0.6 is 7.82 Å². The number of hydrogen-bond acceptors (Lipinski definition) is 10. The molecule has 0 radical (unpaired) electrons. The number of allylic oxidation sites excluding steroid dienone is 8. The van der Waals surface area contributed by atoms with Gasteiger partial charge < -0.3 is 29.7 Å². The van der Waals surface area contributed by atoms with Crippen molar-refractivity contribution in [1.29, 1.82) is 0 Å². The third-order valence-corrected chi connectivity index (χ3v) is 9.92. The molecule has 0 amide bonds. The molecule has 326 valence electrons. The number of esters is 2. The van der Waals surface area contributed by atoms with Gasteiger partial charge in [0, 0.05) is 19.4 Å². The topological polar surface area (TPSA) is 169 Å². The van der Waals surface area contributed by atoms with E-state index in [0.717, 1.165) is 70.1 Å². The molecule has 0 saturated carbocycles. The van der Waals surface area contributed by atoms with Crippen LogP contribution < -0.4 is 0 Å². The third kappa shape index (κ3) is 40.1. The van der Waals surface area contributed by atoms with Gasteiger partial charge in [0.05, 0.1) is 19.8 Å². The first-order valence-corrected chi connectivity index (χ1v) is 23.1. The van der Waals surface area contributed by atoms with E-state index in [9.17, 15) is 24.2 Å². The average molecular weight is 815 g/mol. The van der Waals surface area contributed by atoms with Crippen LogP contribution in [0.3, 0.4) is 0 Å². The molecule has 0 aromatic rings. The van der Waals surface area contributed by atoms with Crippen molar-refractivity contribution in [3.8, 4) is 0 Å². The van der Waals surface area contributed by atoms with E-state index in [1.807, 2.05) is 12.2 Å². The number of ether oxygens (including phenoxy) is 2. The number of aliphatic hydroxyl groups excluding tert-OH is 3. The van der Waals surface area contributed by atoms with Crippen LogP contribution in [0.2, 0.25) is 0 Å². The van der Waals surface area contributed by atoms with Crippen molar-refractivity contribution in [2.45, 2.75) is 180 Å². The first-order chi connectivity index (χ1) is 27.1. The van der Waals surface area contributed by atoms with Gasteiger partial charge in [-0.25, -0.2) is 4.57 Å². The van der Waals surface area contributed by atoms with E-state index < -0.39 is 51.8 Å². The van der Waals surface area contributed by atoms with Gasteiger partial charge in [-0.05, 0) is 63.7 Å². The van der Waals surface area contributed by atoms with Crippen molar-refractivity contribution in [2.75, 3.05) is 33.0 Å². The summed E-state index contributed by atoms with van der Waals surface area (Å²) in [6, 6.07) is 0. The standard InChI is InChI=1S/C44H79O11P/c1-40(2)32-28-24-20-16-12-9-10-13-17-21-25-29-33-43(48)52-38-42(39-54-56(50,51)53-37-41(47)36-46)55-44(49)34-30-26-22-18-14-8-6-4-3-5-7-11-15-19-23-27-31-35-45/h3,5-6,8,11,15,18,22,40-42,45-47H,4,7,9-10,12-14,16-17,19-21,23-39H2,1-2H3,(H,50,51)/b5-3-,8-6-,15-11-,22-18-/t41-,42+/m0/s1. The molecule has 0 bridgehead atoms. The Morgan fingerprint density at radius 2 is 1.04 bits per heavy atom. The molecule has 0 aliphatic carbocycles. The first kappa shape index (κ1) is 53.9. The third-order valence-electron chi connectivity index (χ3n) is 8.97. The highest BCUT2D eigenvalue weighted by Gasteiger charge is 2.27. The van der Waals surface area contributed by atoms with Gasteiger partial charge in [0.1, 0.15) is 12.7 Å². The number of carbonyl (C=O) groups is 2. The number of rotatable bonds is 40. The maximum Gasteiger partial charge on any atom is 0.472 e. The zero-order valence-corrected chi connectivity index (χ0v) is 35.8. The maximum atomic E-state index is 12.6. The molecular weight excluding hydrogens is 735 g/mol. The van der Waals surface area contributed by atoms with Gasteiger partial charge in [0.25, 0.3) is 0 Å². The lowest BCUT2D eigenvalue weighted by Gasteiger charge is -2.20. The van der Waals surface area contributed by atoms with Gasteiger partial charge in [0.15, 0.2) is 6.10 Å². The molecule has 1 unspecified atom stereocenters.